The van der Waals surface area contributed by atoms with Gasteiger partial charge in [0.2, 0.25) is 5.82 Å². The highest BCUT2D eigenvalue weighted by atomic mass is 16.6. The van der Waals surface area contributed by atoms with Gasteiger partial charge in [0.05, 0.1) is 11.0 Å². The minimum Gasteiger partial charge on any atom is -0.393 e. The zero-order valence-corrected chi connectivity index (χ0v) is 10.5. The number of nitrogens with one attached hydrogen (secondary N) is 1. The molecule has 0 radical (unpaired) electrons. The summed E-state index contributed by atoms with van der Waals surface area (Å²) in [5.74, 6) is 0.376. The fourth-order valence-corrected chi connectivity index (χ4v) is 1.83. The summed E-state index contributed by atoms with van der Waals surface area (Å²) < 4.78 is 1.45. The quantitative estimate of drug-likeness (QED) is 0.598. The zero-order valence-electron chi connectivity index (χ0n) is 10.5. The molecule has 2 unspecified atom stereocenters. The second-order valence-corrected chi connectivity index (χ2v) is 4.29. The standard InChI is InChI=1S/C10H18N4O3/c1-6(5-7(2)15)11-10-9(14(16)17)8(3)12-13(10)4/h6-7,11,15H,5H2,1-4H3. The molecule has 0 aromatic carbocycles. The van der Waals surface area contributed by atoms with Crippen LogP contribution in [0.3, 0.4) is 0 Å². The number of aliphatic hydroxyl groups excluding tert-OH is 1. The van der Waals surface area contributed by atoms with Crippen molar-refractivity contribution in [3.05, 3.63) is 15.8 Å². The molecule has 0 aliphatic carbocycles. The van der Waals surface area contributed by atoms with Crippen LogP contribution in [0.1, 0.15) is 26.0 Å². The highest BCUT2D eigenvalue weighted by Gasteiger charge is 2.25. The number of hydrogen-bond acceptors (Lipinski definition) is 5. The molecule has 1 aromatic heterocycles. The van der Waals surface area contributed by atoms with Gasteiger partial charge in [0, 0.05) is 13.1 Å². The molecule has 1 heterocycles. The van der Waals surface area contributed by atoms with Gasteiger partial charge in [-0.15, -0.1) is 0 Å². The monoisotopic (exact) mass is 242 g/mol. The van der Waals surface area contributed by atoms with Crippen molar-refractivity contribution in [1.29, 1.82) is 0 Å². The van der Waals surface area contributed by atoms with Crippen LogP contribution in [0.5, 0.6) is 0 Å². The Hall–Kier alpha value is -1.63. The molecule has 1 rings (SSSR count). The number of aliphatic hydroxyl groups is 1. The lowest BCUT2D eigenvalue weighted by atomic mass is 10.1. The van der Waals surface area contributed by atoms with Crippen LogP contribution in [0.15, 0.2) is 0 Å². The number of nitrogens with zero attached hydrogens (tertiary/aromatic N) is 3. The Bertz CT molecular complexity index is 414. The molecule has 0 saturated heterocycles. The molecule has 0 fully saturated rings. The average molecular weight is 242 g/mol. The summed E-state index contributed by atoms with van der Waals surface area (Å²) in [6.45, 7) is 5.14. The maximum Gasteiger partial charge on any atom is 0.333 e. The SMILES string of the molecule is Cc1nn(C)c(NC(C)CC(C)O)c1[N+](=O)[O-]. The summed E-state index contributed by atoms with van der Waals surface area (Å²) in [6.07, 6.45) is 0.0624. The first kappa shape index (κ1) is 13.4. The van der Waals surface area contributed by atoms with E-state index in [0.717, 1.165) is 0 Å². The molecular formula is C10H18N4O3. The van der Waals surface area contributed by atoms with Gasteiger partial charge in [-0.2, -0.15) is 5.10 Å². The van der Waals surface area contributed by atoms with Crippen LogP contribution in [0.2, 0.25) is 0 Å². The zero-order chi connectivity index (χ0) is 13.2. The van der Waals surface area contributed by atoms with Crippen LogP contribution in [-0.2, 0) is 7.05 Å². The van der Waals surface area contributed by atoms with E-state index in [2.05, 4.69) is 10.4 Å². The second-order valence-electron chi connectivity index (χ2n) is 4.29. The molecule has 2 N–H and O–H groups in total. The molecule has 2 atom stereocenters. The number of anilines is 1. The van der Waals surface area contributed by atoms with Crippen molar-refractivity contribution in [1.82, 2.24) is 9.78 Å². The van der Waals surface area contributed by atoms with Crippen LogP contribution < -0.4 is 5.32 Å². The molecule has 96 valence electrons. The van der Waals surface area contributed by atoms with E-state index in [9.17, 15) is 15.2 Å². The van der Waals surface area contributed by atoms with Gasteiger partial charge >= 0.3 is 5.69 Å². The first-order valence-corrected chi connectivity index (χ1v) is 5.45. The molecule has 7 heteroatoms. The molecular weight excluding hydrogens is 224 g/mol. The summed E-state index contributed by atoms with van der Waals surface area (Å²) in [7, 11) is 1.65. The summed E-state index contributed by atoms with van der Waals surface area (Å²) in [4.78, 5) is 10.5. The molecule has 0 bridgehead atoms. The van der Waals surface area contributed by atoms with E-state index in [4.69, 9.17) is 0 Å². The topological polar surface area (TPSA) is 93.2 Å². The predicted molar refractivity (Wildman–Crippen MR) is 64.0 cm³/mol. The largest absolute Gasteiger partial charge is 0.393 e. The highest BCUT2D eigenvalue weighted by molar-refractivity contribution is 5.59. The van der Waals surface area contributed by atoms with Crippen molar-refractivity contribution < 1.29 is 10.0 Å². The molecule has 0 aliphatic rings. The van der Waals surface area contributed by atoms with E-state index in [0.29, 0.717) is 17.9 Å². The number of aromatic nitrogens is 2. The third-order valence-corrected chi connectivity index (χ3v) is 2.45. The normalized spacial score (nSPS) is 14.4. The molecule has 17 heavy (non-hydrogen) atoms. The van der Waals surface area contributed by atoms with E-state index in [1.807, 2.05) is 6.92 Å². The smallest absolute Gasteiger partial charge is 0.333 e. The van der Waals surface area contributed by atoms with Crippen molar-refractivity contribution >= 4 is 11.5 Å². The number of aryl methyl sites for hydroxylation is 2. The van der Waals surface area contributed by atoms with Gasteiger partial charge in [-0.25, -0.2) is 4.68 Å². The van der Waals surface area contributed by atoms with Gasteiger partial charge in [0.15, 0.2) is 0 Å². The fraction of sp³-hybridized carbons (Fsp3) is 0.700. The van der Waals surface area contributed by atoms with Crippen LogP contribution in [0, 0.1) is 17.0 Å². The van der Waals surface area contributed by atoms with Crippen molar-refractivity contribution in [3.63, 3.8) is 0 Å². The van der Waals surface area contributed by atoms with Gasteiger partial charge in [0.25, 0.3) is 0 Å². The van der Waals surface area contributed by atoms with Gasteiger partial charge in [-0.05, 0) is 27.2 Å². The first-order valence-electron chi connectivity index (χ1n) is 5.45. The van der Waals surface area contributed by atoms with Crippen molar-refractivity contribution in [2.75, 3.05) is 5.32 Å². The fourth-order valence-electron chi connectivity index (χ4n) is 1.83. The summed E-state index contributed by atoms with van der Waals surface area (Å²) in [5.41, 5.74) is 0.370. The Morgan fingerprint density at radius 1 is 1.59 bits per heavy atom. The van der Waals surface area contributed by atoms with Crippen molar-refractivity contribution in [2.24, 2.45) is 7.05 Å². The molecule has 0 aliphatic heterocycles. The number of rotatable bonds is 5. The van der Waals surface area contributed by atoms with E-state index in [1.165, 1.54) is 4.68 Å². The minimum atomic E-state index is -0.453. The summed E-state index contributed by atoms with van der Waals surface area (Å²) in [5, 5.41) is 27.2. The second kappa shape index (κ2) is 5.13. The van der Waals surface area contributed by atoms with Crippen molar-refractivity contribution in [2.45, 2.75) is 39.3 Å². The third kappa shape index (κ3) is 3.16. The Balaban J connectivity index is 2.94. The predicted octanol–water partition coefficient (Wildman–Crippen LogP) is 1.21. The van der Waals surface area contributed by atoms with E-state index < -0.39 is 11.0 Å². The number of nitro groups is 1. The Kier molecular flexibility index (Phi) is 4.06. The van der Waals surface area contributed by atoms with Crippen LogP contribution >= 0.6 is 0 Å². The van der Waals surface area contributed by atoms with Crippen molar-refractivity contribution in [3.8, 4) is 0 Å². The highest BCUT2D eigenvalue weighted by Crippen LogP contribution is 2.28. The molecule has 7 nitrogen and oxygen atoms in total. The third-order valence-electron chi connectivity index (χ3n) is 2.45. The Morgan fingerprint density at radius 3 is 2.65 bits per heavy atom. The molecule has 0 spiro atoms. The molecule has 0 saturated carbocycles. The van der Waals surface area contributed by atoms with Gasteiger partial charge in [-0.3, -0.25) is 10.1 Å². The summed E-state index contributed by atoms with van der Waals surface area (Å²) >= 11 is 0. The van der Waals surface area contributed by atoms with E-state index in [-0.39, 0.29) is 11.7 Å². The summed E-state index contributed by atoms with van der Waals surface area (Å²) in [6, 6.07) is -0.0662. The number of hydrogen-bond donors (Lipinski definition) is 2. The lowest BCUT2D eigenvalue weighted by Crippen LogP contribution is -2.22. The Morgan fingerprint density at radius 2 is 2.18 bits per heavy atom. The lowest BCUT2D eigenvalue weighted by molar-refractivity contribution is -0.384. The van der Waals surface area contributed by atoms with E-state index in [1.54, 1.807) is 20.9 Å². The van der Waals surface area contributed by atoms with Gasteiger partial charge < -0.3 is 10.4 Å². The van der Waals surface area contributed by atoms with Gasteiger partial charge in [0.1, 0.15) is 5.69 Å². The Labute approximate surface area is 99.6 Å². The maximum atomic E-state index is 10.9. The van der Waals surface area contributed by atoms with Crippen LogP contribution in [-0.4, -0.2) is 32.0 Å². The average Bonchev–Trinajstić information content (AvgIpc) is 2.39. The van der Waals surface area contributed by atoms with Gasteiger partial charge in [-0.1, -0.05) is 0 Å². The van der Waals surface area contributed by atoms with Crippen LogP contribution in [0.25, 0.3) is 0 Å². The maximum absolute atomic E-state index is 10.9. The van der Waals surface area contributed by atoms with Crippen LogP contribution in [0.4, 0.5) is 11.5 Å². The lowest BCUT2D eigenvalue weighted by Gasteiger charge is -2.15. The molecule has 0 amide bonds. The van der Waals surface area contributed by atoms with E-state index >= 15 is 0 Å². The minimum absolute atomic E-state index is 0.00931. The molecule has 1 aromatic rings. The first-order chi connectivity index (χ1) is 7.82.